The van der Waals surface area contributed by atoms with Crippen molar-refractivity contribution in [3.63, 3.8) is 0 Å². The molecule has 0 amide bonds. The van der Waals surface area contributed by atoms with Crippen molar-refractivity contribution in [1.29, 1.82) is 0 Å². The molecular formula is C63H182. The van der Waals surface area contributed by atoms with E-state index in [1.165, 1.54) is 44.9 Å². The molecule has 0 nitrogen and oxygen atoms in total. The first kappa shape index (κ1) is 224. The normalized spacial score (nSPS) is 5.17. The number of rotatable bonds is 4. The fourth-order valence-electron chi connectivity index (χ4n) is 0.289. The number of hydrogen-bond donors (Lipinski definition) is 0. The van der Waals surface area contributed by atoms with Crippen LogP contribution in [-0.2, 0) is 0 Å². The summed E-state index contributed by atoms with van der Waals surface area (Å²) in [6, 6.07) is 0. The minimum Gasteiger partial charge on any atom is -0.106 e. The topological polar surface area (TPSA) is 0 Å². The average Bonchev–Trinajstić information content (AvgIpc) is 3.15. The van der Waals surface area contributed by atoms with Gasteiger partial charge in [0.05, 0.1) is 0 Å². The molecule has 0 aliphatic rings. The van der Waals surface area contributed by atoms with Gasteiger partial charge in [-0.3, -0.25) is 0 Å². The van der Waals surface area contributed by atoms with Gasteiger partial charge in [0, 0.05) is 0 Å². The van der Waals surface area contributed by atoms with E-state index in [9.17, 15) is 0 Å². The molecule has 0 radical (unpaired) electrons. The van der Waals surface area contributed by atoms with Crippen molar-refractivity contribution in [3.05, 3.63) is 26.3 Å². The summed E-state index contributed by atoms with van der Waals surface area (Å²) >= 11 is 0. The molecule has 0 spiro atoms. The van der Waals surface area contributed by atoms with Crippen LogP contribution in [0.15, 0.2) is 26.3 Å². The van der Waals surface area contributed by atoms with E-state index in [-0.39, 0.29) is 96.5 Å². The summed E-state index contributed by atoms with van der Waals surface area (Å²) in [4.78, 5) is 0. The third kappa shape index (κ3) is 7240. The van der Waals surface area contributed by atoms with E-state index in [0.717, 1.165) is 17.8 Å². The molecule has 0 saturated heterocycles. The van der Waals surface area contributed by atoms with Crippen molar-refractivity contribution in [2.75, 3.05) is 0 Å². The first-order valence-corrected chi connectivity index (χ1v) is 22.5. The van der Waals surface area contributed by atoms with E-state index in [2.05, 4.69) is 158 Å². The Morgan fingerprint density at radius 1 is 0.270 bits per heavy atom. The molecule has 0 rings (SSSR count). The maximum atomic E-state index is 3.00. The molecule has 0 saturated carbocycles. The zero-order valence-corrected chi connectivity index (χ0v) is 45.0. The Morgan fingerprint density at radius 2 is 0.317 bits per heavy atom. The monoisotopic (exact) mass is 939 g/mol. The molecule has 0 heterocycles. The average molecular weight is 940 g/mol. The van der Waals surface area contributed by atoms with Crippen LogP contribution in [0, 0.1) is 23.2 Å². The van der Waals surface area contributed by atoms with Crippen molar-refractivity contribution in [2.45, 2.75) is 384 Å². The van der Waals surface area contributed by atoms with Crippen LogP contribution in [0.5, 0.6) is 0 Å². The highest BCUT2D eigenvalue weighted by molar-refractivity contribution is 4.47. The van der Waals surface area contributed by atoms with E-state index in [0.29, 0.717) is 5.41 Å². The maximum absolute atomic E-state index is 3.00. The van der Waals surface area contributed by atoms with Gasteiger partial charge in [0.2, 0.25) is 0 Å². The number of unbranched alkanes of at least 4 members (excludes halogenated alkanes) is 2. The van der Waals surface area contributed by atoms with Crippen LogP contribution in [0.1, 0.15) is 384 Å². The van der Waals surface area contributed by atoms with Crippen molar-refractivity contribution in [1.82, 2.24) is 0 Å². The molecule has 0 aromatic rings. The highest BCUT2D eigenvalue weighted by Gasteiger charge is 1.95. The van der Waals surface area contributed by atoms with Crippen LogP contribution in [0.2, 0.25) is 0 Å². The zero-order valence-electron chi connectivity index (χ0n) is 45.0. The Morgan fingerprint density at radius 3 is 0.317 bits per heavy atom. The third-order valence-corrected chi connectivity index (χ3v) is 2.39. The first-order chi connectivity index (χ1) is 23.5. The Labute approximate surface area is 431 Å². The lowest BCUT2D eigenvalue weighted by Crippen LogP contribution is -1.93. The molecule has 63 heavy (non-hydrogen) atoms. The third-order valence-electron chi connectivity index (χ3n) is 2.39. The predicted molar refractivity (Wildman–Crippen MR) is 354 cm³/mol. The van der Waals surface area contributed by atoms with Crippen LogP contribution in [0.25, 0.3) is 0 Å². The van der Waals surface area contributed by atoms with Gasteiger partial charge in [-0.2, -0.15) is 0 Å². The molecule has 0 atom stereocenters. The molecule has 0 bridgehead atoms. The summed E-state index contributed by atoms with van der Waals surface area (Å²) in [7, 11) is 0. The minimum absolute atomic E-state index is 0. The molecule has 0 unspecified atom stereocenters. The lowest BCUT2D eigenvalue weighted by atomic mass is 10.0. The van der Waals surface area contributed by atoms with Gasteiger partial charge in [-0.1, -0.05) is 384 Å². The molecule has 0 aliphatic heterocycles. The zero-order chi connectivity index (χ0) is 46.2. The van der Waals surface area contributed by atoms with Crippen molar-refractivity contribution in [3.8, 4) is 0 Å². The Balaban J connectivity index is -0.00000000657. The van der Waals surface area contributed by atoms with Gasteiger partial charge in [0.25, 0.3) is 0 Å². The smallest absolute Gasteiger partial charge is 0.0411 e. The summed E-state index contributed by atoms with van der Waals surface area (Å²) in [5.41, 5.74) is 0.500. The summed E-state index contributed by atoms with van der Waals surface area (Å²) in [6.07, 6.45) is 9.19. The van der Waals surface area contributed by atoms with Gasteiger partial charge in [-0.15, -0.1) is 26.3 Å². The largest absolute Gasteiger partial charge is 0.106 e. The van der Waals surface area contributed by atoms with Crippen LogP contribution in [0.3, 0.4) is 0 Å². The highest BCUT2D eigenvalue weighted by Crippen LogP contribution is 2.08. The second-order valence-electron chi connectivity index (χ2n) is 11.1. The fraction of sp³-hybridized carbons (Fsp3) is 0.937. The molecule has 0 aromatic carbocycles. The quantitative estimate of drug-likeness (QED) is 0.246. The van der Waals surface area contributed by atoms with Crippen LogP contribution < -0.4 is 0 Å². The van der Waals surface area contributed by atoms with Gasteiger partial charge in [0.1, 0.15) is 0 Å². The Hall–Kier alpha value is -0.520. The second kappa shape index (κ2) is 487. The Kier molecular flexibility index (Phi) is 1730. The molecule has 0 aromatic heterocycles. The van der Waals surface area contributed by atoms with Crippen LogP contribution >= 0.6 is 0 Å². The summed E-state index contributed by atoms with van der Waals surface area (Å²) in [5.74, 6) is 2.60. The van der Waals surface area contributed by atoms with E-state index in [4.69, 9.17) is 0 Å². The van der Waals surface area contributed by atoms with Crippen molar-refractivity contribution in [2.24, 2.45) is 23.2 Å². The molecule has 0 aliphatic carbocycles. The van der Waals surface area contributed by atoms with E-state index in [1.54, 1.807) is 0 Å². The van der Waals surface area contributed by atoms with E-state index in [1.807, 2.05) is 111 Å². The predicted octanol–water partition coefficient (Wildman–Crippen LogP) is 30.9. The van der Waals surface area contributed by atoms with Gasteiger partial charge >= 0.3 is 0 Å². The lowest BCUT2D eigenvalue weighted by Gasteiger charge is -2.05. The minimum atomic E-state index is 0. The van der Waals surface area contributed by atoms with Crippen LogP contribution in [-0.4, -0.2) is 0 Å². The van der Waals surface area contributed by atoms with E-state index >= 15 is 0 Å². The van der Waals surface area contributed by atoms with Gasteiger partial charge in [0.15, 0.2) is 0 Å². The summed E-state index contributed by atoms with van der Waals surface area (Å²) in [6.45, 7) is 85.5. The maximum Gasteiger partial charge on any atom is -0.0411 e. The fourth-order valence-corrected chi connectivity index (χ4v) is 0.289. The molecule has 0 N–H and O–H groups in total. The summed E-state index contributed by atoms with van der Waals surface area (Å²) in [5, 5.41) is 0. The standard InChI is InChI=1S/C6H14.C5H12.4C4H10.C3H8.8C2H6.2C2H4.13CH4/c1-4-6(3)5-2;1-5(2,3)4;2*1-4(2)3;2*1-3-4-2;1-3-2;10*1-2;;;;;;;;;;;;;/h6H,4-5H2,1-3H3;1-4H3;2*4H,1-3H3;2*3-4H2,1-2H3;3H2,1-2H3;8*1-2H3;2*1-2H2;13*1H4. The Bertz CT molecular complexity index is 175. The van der Waals surface area contributed by atoms with Crippen molar-refractivity contribution < 1.29 is 0 Å². The molecule has 434 valence electrons. The SMILES string of the molecule is C.C.C.C.C.C.C.C.C.C.C.C.C.C=C.C=C.CC.CC.CC.CC.CC.CC.CC.CC.CC(C)(C)C.CC(C)C.CC(C)C.CCC.CCC(C)CC.CCCC.CCCC. The highest BCUT2D eigenvalue weighted by atomic mass is 14.0. The lowest BCUT2D eigenvalue weighted by molar-refractivity contribution is 0.469. The van der Waals surface area contributed by atoms with Gasteiger partial charge in [-0.25, -0.2) is 0 Å². The molecular weight excluding hydrogens is 757 g/mol. The molecule has 0 heteroatoms. The first-order valence-electron chi connectivity index (χ1n) is 22.5. The van der Waals surface area contributed by atoms with Gasteiger partial charge < -0.3 is 0 Å². The van der Waals surface area contributed by atoms with Crippen LogP contribution in [0.4, 0.5) is 0 Å². The van der Waals surface area contributed by atoms with Crippen molar-refractivity contribution >= 4 is 0 Å². The number of hydrogen-bond acceptors (Lipinski definition) is 0. The van der Waals surface area contributed by atoms with E-state index < -0.39 is 0 Å². The summed E-state index contributed by atoms with van der Waals surface area (Å²) < 4.78 is 0. The molecule has 0 fully saturated rings. The van der Waals surface area contributed by atoms with Gasteiger partial charge in [-0.05, 0) is 23.2 Å². The second-order valence-corrected chi connectivity index (χ2v) is 11.1.